The number of nitrogens with zero attached hydrogens (tertiary/aromatic N) is 2. The Bertz CT molecular complexity index is 791. The van der Waals surface area contributed by atoms with E-state index < -0.39 is 0 Å². The lowest BCUT2D eigenvalue weighted by atomic mass is 10.1. The van der Waals surface area contributed by atoms with Crippen LogP contribution in [0.25, 0.3) is 0 Å². The van der Waals surface area contributed by atoms with Gasteiger partial charge in [-0.3, -0.25) is 9.59 Å². The summed E-state index contributed by atoms with van der Waals surface area (Å²) >= 11 is 0. The van der Waals surface area contributed by atoms with E-state index in [2.05, 4.69) is 4.90 Å². The number of carbonyl (C=O) groups excluding carboxylic acids is 2. The number of aromatic hydroxyl groups is 1. The van der Waals surface area contributed by atoms with Crippen LogP contribution in [-0.4, -0.2) is 47.9 Å². The first-order valence-corrected chi connectivity index (χ1v) is 8.41. The van der Waals surface area contributed by atoms with Gasteiger partial charge < -0.3 is 14.9 Å². The standard InChI is InChI=1S/C20H22N2O3/c1-14-4-3-5-18(19(14)24)20(25)22-12-10-21(11-13-22)17-8-6-16(7-9-17)15(2)23/h3-9,24H,10-13H2,1-2H3. The molecule has 1 amide bonds. The number of phenolic OH excluding ortho intramolecular Hbond substituents is 1. The third kappa shape index (κ3) is 3.50. The summed E-state index contributed by atoms with van der Waals surface area (Å²) in [6, 6.07) is 12.8. The van der Waals surface area contributed by atoms with Crippen molar-refractivity contribution in [2.45, 2.75) is 13.8 Å². The molecule has 130 valence electrons. The van der Waals surface area contributed by atoms with Crippen LogP contribution >= 0.6 is 0 Å². The van der Waals surface area contributed by atoms with E-state index in [1.165, 1.54) is 0 Å². The molecule has 5 heteroatoms. The van der Waals surface area contributed by atoms with E-state index in [1.807, 2.05) is 24.3 Å². The lowest BCUT2D eigenvalue weighted by molar-refractivity contribution is 0.0743. The number of carbonyl (C=O) groups is 2. The minimum Gasteiger partial charge on any atom is -0.507 e. The second kappa shape index (κ2) is 6.97. The Morgan fingerprint density at radius 3 is 2.20 bits per heavy atom. The number of piperazine rings is 1. The number of benzene rings is 2. The fourth-order valence-electron chi connectivity index (χ4n) is 3.08. The summed E-state index contributed by atoms with van der Waals surface area (Å²) in [6.07, 6.45) is 0. The number of aryl methyl sites for hydroxylation is 1. The number of para-hydroxylation sites is 1. The summed E-state index contributed by atoms with van der Waals surface area (Å²) in [7, 11) is 0. The molecule has 0 radical (unpaired) electrons. The summed E-state index contributed by atoms with van der Waals surface area (Å²) in [4.78, 5) is 28.0. The van der Waals surface area contributed by atoms with Gasteiger partial charge in [0.1, 0.15) is 5.75 Å². The minimum absolute atomic E-state index is 0.0555. The number of rotatable bonds is 3. The predicted molar refractivity (Wildman–Crippen MR) is 97.4 cm³/mol. The van der Waals surface area contributed by atoms with Gasteiger partial charge in [-0.25, -0.2) is 0 Å². The molecule has 0 aromatic heterocycles. The van der Waals surface area contributed by atoms with Crippen LogP contribution in [0.3, 0.4) is 0 Å². The first-order valence-electron chi connectivity index (χ1n) is 8.41. The predicted octanol–water partition coefficient (Wildman–Crippen LogP) is 2.87. The molecular weight excluding hydrogens is 316 g/mol. The zero-order valence-electron chi connectivity index (χ0n) is 14.5. The van der Waals surface area contributed by atoms with E-state index >= 15 is 0 Å². The Labute approximate surface area is 147 Å². The van der Waals surface area contributed by atoms with Gasteiger partial charge in [0, 0.05) is 37.4 Å². The first kappa shape index (κ1) is 17.0. The van der Waals surface area contributed by atoms with Crippen molar-refractivity contribution in [3.8, 4) is 5.75 Å². The Kier molecular flexibility index (Phi) is 4.74. The number of hydrogen-bond donors (Lipinski definition) is 1. The zero-order valence-corrected chi connectivity index (χ0v) is 14.5. The lowest BCUT2D eigenvalue weighted by Crippen LogP contribution is -2.48. The van der Waals surface area contributed by atoms with Crippen LogP contribution in [0.2, 0.25) is 0 Å². The molecule has 25 heavy (non-hydrogen) atoms. The van der Waals surface area contributed by atoms with Crippen LogP contribution in [-0.2, 0) is 0 Å². The fourth-order valence-corrected chi connectivity index (χ4v) is 3.08. The van der Waals surface area contributed by atoms with Crippen LogP contribution in [0, 0.1) is 6.92 Å². The van der Waals surface area contributed by atoms with Crippen LogP contribution in [0.1, 0.15) is 33.2 Å². The quantitative estimate of drug-likeness (QED) is 0.874. The number of phenols is 1. The summed E-state index contributed by atoms with van der Waals surface area (Å²) in [5.41, 5.74) is 2.82. The van der Waals surface area contributed by atoms with Crippen molar-refractivity contribution in [3.05, 3.63) is 59.2 Å². The van der Waals surface area contributed by atoms with Crippen LogP contribution < -0.4 is 4.90 Å². The average Bonchev–Trinajstić information content (AvgIpc) is 2.64. The Morgan fingerprint density at radius 1 is 0.960 bits per heavy atom. The molecule has 1 fully saturated rings. The van der Waals surface area contributed by atoms with Crippen molar-refractivity contribution in [3.63, 3.8) is 0 Å². The second-order valence-corrected chi connectivity index (χ2v) is 6.35. The number of amides is 1. The summed E-state index contributed by atoms with van der Waals surface area (Å²) in [5.74, 6) is -0.0116. The molecule has 1 heterocycles. The maximum atomic E-state index is 12.6. The molecule has 1 N–H and O–H groups in total. The molecule has 0 atom stereocenters. The zero-order chi connectivity index (χ0) is 18.0. The second-order valence-electron chi connectivity index (χ2n) is 6.35. The van der Waals surface area contributed by atoms with E-state index in [0.29, 0.717) is 29.8 Å². The number of Topliss-reactive ketones (excluding diaryl/α,β-unsaturated/α-hetero) is 1. The van der Waals surface area contributed by atoms with E-state index in [9.17, 15) is 14.7 Å². The molecule has 0 bridgehead atoms. The van der Waals surface area contributed by atoms with E-state index in [4.69, 9.17) is 0 Å². The smallest absolute Gasteiger partial charge is 0.257 e. The molecule has 0 aliphatic carbocycles. The highest BCUT2D eigenvalue weighted by Crippen LogP contribution is 2.24. The van der Waals surface area contributed by atoms with Gasteiger partial charge in [0.2, 0.25) is 0 Å². The molecule has 1 aliphatic rings. The Hall–Kier alpha value is -2.82. The molecule has 5 nitrogen and oxygen atoms in total. The van der Waals surface area contributed by atoms with E-state index in [1.54, 1.807) is 36.9 Å². The highest BCUT2D eigenvalue weighted by Gasteiger charge is 2.24. The molecular formula is C20H22N2O3. The topological polar surface area (TPSA) is 60.9 Å². The van der Waals surface area contributed by atoms with Gasteiger partial charge >= 0.3 is 0 Å². The van der Waals surface area contributed by atoms with Crippen molar-refractivity contribution in [2.75, 3.05) is 31.1 Å². The van der Waals surface area contributed by atoms with E-state index in [-0.39, 0.29) is 17.4 Å². The normalized spacial score (nSPS) is 14.5. The van der Waals surface area contributed by atoms with Gasteiger partial charge in [-0.1, -0.05) is 12.1 Å². The highest BCUT2D eigenvalue weighted by molar-refractivity contribution is 5.97. The Morgan fingerprint density at radius 2 is 1.60 bits per heavy atom. The van der Waals surface area contributed by atoms with Gasteiger partial charge in [0.15, 0.2) is 5.78 Å². The average molecular weight is 338 g/mol. The molecule has 3 rings (SSSR count). The maximum absolute atomic E-state index is 12.6. The monoisotopic (exact) mass is 338 g/mol. The van der Waals surface area contributed by atoms with Crippen LogP contribution in [0.4, 0.5) is 5.69 Å². The van der Waals surface area contributed by atoms with Crippen LogP contribution in [0.5, 0.6) is 5.75 Å². The lowest BCUT2D eigenvalue weighted by Gasteiger charge is -2.36. The van der Waals surface area contributed by atoms with Gasteiger partial charge in [-0.15, -0.1) is 0 Å². The molecule has 0 saturated carbocycles. The summed E-state index contributed by atoms with van der Waals surface area (Å²) < 4.78 is 0. The molecule has 0 spiro atoms. The molecule has 1 saturated heterocycles. The van der Waals surface area contributed by atoms with Crippen LogP contribution in [0.15, 0.2) is 42.5 Å². The van der Waals surface area contributed by atoms with Crippen molar-refractivity contribution in [1.82, 2.24) is 4.90 Å². The van der Waals surface area contributed by atoms with Gasteiger partial charge in [-0.05, 0) is 49.7 Å². The number of hydrogen-bond acceptors (Lipinski definition) is 4. The number of ketones is 1. The molecule has 1 aliphatic heterocycles. The Balaban J connectivity index is 1.66. The van der Waals surface area contributed by atoms with Gasteiger partial charge in [0.05, 0.1) is 5.56 Å². The maximum Gasteiger partial charge on any atom is 0.257 e. The third-order valence-corrected chi connectivity index (χ3v) is 4.67. The summed E-state index contributed by atoms with van der Waals surface area (Å²) in [6.45, 7) is 5.98. The minimum atomic E-state index is -0.132. The molecule has 2 aromatic rings. The first-order chi connectivity index (χ1) is 12.0. The highest BCUT2D eigenvalue weighted by atomic mass is 16.3. The van der Waals surface area contributed by atoms with Gasteiger partial charge in [0.25, 0.3) is 5.91 Å². The van der Waals surface area contributed by atoms with Gasteiger partial charge in [-0.2, -0.15) is 0 Å². The van der Waals surface area contributed by atoms with Crippen molar-refractivity contribution >= 4 is 17.4 Å². The SMILES string of the molecule is CC(=O)c1ccc(N2CCN(C(=O)c3cccc(C)c3O)CC2)cc1. The number of anilines is 1. The fraction of sp³-hybridized carbons (Fsp3) is 0.300. The van der Waals surface area contributed by atoms with Crippen molar-refractivity contribution in [2.24, 2.45) is 0 Å². The molecule has 2 aromatic carbocycles. The van der Waals surface area contributed by atoms with Crippen molar-refractivity contribution in [1.29, 1.82) is 0 Å². The summed E-state index contributed by atoms with van der Waals surface area (Å²) in [5, 5.41) is 10.1. The van der Waals surface area contributed by atoms with E-state index in [0.717, 1.165) is 18.8 Å². The molecule has 0 unspecified atom stereocenters. The third-order valence-electron chi connectivity index (χ3n) is 4.67. The van der Waals surface area contributed by atoms with Crippen molar-refractivity contribution < 1.29 is 14.7 Å². The largest absolute Gasteiger partial charge is 0.507 e.